The maximum absolute atomic E-state index is 10.3. The first-order chi connectivity index (χ1) is 4.54. The van der Waals surface area contributed by atoms with Crippen LogP contribution in [0.4, 0.5) is 4.79 Å². The monoisotopic (exact) mass is 228 g/mol. The second kappa shape index (κ2) is 4.19. The molecule has 0 aromatic rings. The summed E-state index contributed by atoms with van der Waals surface area (Å²) in [5.41, 5.74) is -1.21. The summed E-state index contributed by atoms with van der Waals surface area (Å²) in [4.78, 5) is 10.3. The molecule has 0 aromatic heterocycles. The highest BCUT2D eigenvalue weighted by Gasteiger charge is 2.24. The van der Waals surface area contributed by atoms with E-state index in [9.17, 15) is 4.79 Å². The molecule has 0 aromatic carbocycles. The smallest absolute Gasteiger partial charge is 0.404 e. The fourth-order valence-corrected chi connectivity index (χ4v) is 1.08. The molecule has 0 spiro atoms. The topological polar surface area (TPSA) is 26.3 Å². The Kier molecular flexibility index (Phi) is 4.29. The fourth-order valence-electron chi connectivity index (χ4n) is 0.388. The first-order valence-corrected chi connectivity index (χ1v) is 4.48. The Balaban J connectivity index is 3.92. The van der Waals surface area contributed by atoms with Gasteiger partial charge in [-0.25, -0.2) is 4.79 Å². The third-order valence-corrected chi connectivity index (χ3v) is 2.62. The summed E-state index contributed by atoms with van der Waals surface area (Å²) in [6.45, 7) is 3.75. The number of carbonyl (C=O) groups excluding carboxylic acids is 1. The van der Waals surface area contributed by atoms with Gasteiger partial charge >= 0.3 is 5.43 Å². The van der Waals surface area contributed by atoms with E-state index in [4.69, 9.17) is 16.3 Å². The summed E-state index contributed by atoms with van der Waals surface area (Å²) in [5, 5.41) is 0.606. The lowest BCUT2D eigenvalue weighted by molar-refractivity contribution is 0.0592. The third-order valence-electron chi connectivity index (χ3n) is 1.36. The van der Waals surface area contributed by atoms with Crippen molar-refractivity contribution in [2.45, 2.75) is 25.9 Å². The molecule has 0 heterocycles. The van der Waals surface area contributed by atoms with E-state index < -0.39 is 11.0 Å². The summed E-state index contributed by atoms with van der Waals surface area (Å²) in [5.74, 6) is 0. The van der Waals surface area contributed by atoms with E-state index in [1.54, 1.807) is 0 Å². The number of halogens is 2. The molecule has 0 amide bonds. The van der Waals surface area contributed by atoms with E-state index in [-0.39, 0.29) is 0 Å². The summed E-state index contributed by atoms with van der Waals surface area (Å²) in [6.07, 6.45) is 0.747. The average Bonchev–Trinajstić information content (AvgIpc) is 1.87. The van der Waals surface area contributed by atoms with Gasteiger partial charge in [0.15, 0.2) is 0 Å². The van der Waals surface area contributed by atoms with E-state index in [1.165, 1.54) is 0 Å². The molecular formula is C6H10BrClO2. The molecule has 0 rings (SSSR count). The molecule has 0 N–H and O–H groups in total. The second-order valence-electron chi connectivity index (χ2n) is 2.28. The fraction of sp³-hybridized carbons (Fsp3) is 0.833. The molecule has 0 fully saturated rings. The molecule has 2 nitrogen and oxygen atoms in total. The van der Waals surface area contributed by atoms with Crippen LogP contribution in [-0.2, 0) is 4.74 Å². The first kappa shape index (κ1) is 10.2. The van der Waals surface area contributed by atoms with Crippen LogP contribution in [0.5, 0.6) is 0 Å². The van der Waals surface area contributed by atoms with Crippen molar-refractivity contribution in [3.8, 4) is 0 Å². The minimum Gasteiger partial charge on any atom is -0.446 e. The van der Waals surface area contributed by atoms with E-state index in [1.807, 2.05) is 13.8 Å². The molecule has 0 saturated heterocycles. The van der Waals surface area contributed by atoms with Gasteiger partial charge in [0.25, 0.3) is 0 Å². The van der Waals surface area contributed by atoms with Crippen LogP contribution >= 0.6 is 27.5 Å². The van der Waals surface area contributed by atoms with Gasteiger partial charge in [0, 0.05) is 16.9 Å². The lowest BCUT2D eigenvalue weighted by Crippen LogP contribution is -2.30. The zero-order valence-electron chi connectivity index (χ0n) is 5.99. The number of rotatable bonds is 3. The molecule has 4 heteroatoms. The largest absolute Gasteiger partial charge is 0.446 e. The molecule has 1 unspecified atom stereocenters. The van der Waals surface area contributed by atoms with Crippen molar-refractivity contribution in [2.24, 2.45) is 0 Å². The highest BCUT2D eigenvalue weighted by molar-refractivity contribution is 9.09. The van der Waals surface area contributed by atoms with Gasteiger partial charge < -0.3 is 4.74 Å². The van der Waals surface area contributed by atoms with E-state index >= 15 is 0 Å². The summed E-state index contributed by atoms with van der Waals surface area (Å²) in [6, 6.07) is 0. The number of alkyl halides is 1. The van der Waals surface area contributed by atoms with Gasteiger partial charge in [-0.15, -0.1) is 0 Å². The van der Waals surface area contributed by atoms with E-state index in [2.05, 4.69) is 15.9 Å². The van der Waals surface area contributed by atoms with Crippen molar-refractivity contribution >= 4 is 33.0 Å². The SMILES string of the molecule is CCC(C)(CBr)OC(=O)Cl. The molecule has 0 aliphatic rings. The molecular weight excluding hydrogens is 219 g/mol. The van der Waals surface area contributed by atoms with Crippen LogP contribution in [-0.4, -0.2) is 16.4 Å². The Morgan fingerprint density at radius 2 is 2.30 bits per heavy atom. The van der Waals surface area contributed by atoms with Crippen LogP contribution in [0.1, 0.15) is 20.3 Å². The molecule has 0 radical (unpaired) electrons. The predicted molar refractivity (Wildman–Crippen MR) is 44.8 cm³/mol. The van der Waals surface area contributed by atoms with E-state index in [0.717, 1.165) is 6.42 Å². The lowest BCUT2D eigenvalue weighted by atomic mass is 10.1. The second-order valence-corrected chi connectivity index (χ2v) is 3.15. The summed E-state index contributed by atoms with van der Waals surface area (Å²) >= 11 is 8.26. The van der Waals surface area contributed by atoms with E-state index in [0.29, 0.717) is 5.33 Å². The molecule has 0 saturated carbocycles. The number of hydrogen-bond acceptors (Lipinski definition) is 2. The first-order valence-electron chi connectivity index (χ1n) is 2.98. The van der Waals surface area contributed by atoms with Crippen LogP contribution in [0.25, 0.3) is 0 Å². The van der Waals surface area contributed by atoms with Crippen LogP contribution in [0, 0.1) is 0 Å². The van der Waals surface area contributed by atoms with Gasteiger partial charge in [0.05, 0.1) is 0 Å². The van der Waals surface area contributed by atoms with Gasteiger partial charge in [0.2, 0.25) is 0 Å². The average molecular weight is 230 g/mol. The third kappa shape index (κ3) is 3.42. The van der Waals surface area contributed by atoms with Gasteiger partial charge in [-0.05, 0) is 13.3 Å². The van der Waals surface area contributed by atoms with Gasteiger partial charge in [-0.2, -0.15) is 0 Å². The van der Waals surface area contributed by atoms with Gasteiger partial charge in [-0.1, -0.05) is 22.9 Å². The molecule has 1 atom stereocenters. The minimum atomic E-state index is -0.746. The van der Waals surface area contributed by atoms with Crippen molar-refractivity contribution < 1.29 is 9.53 Å². The van der Waals surface area contributed by atoms with Crippen LogP contribution in [0.3, 0.4) is 0 Å². The zero-order chi connectivity index (χ0) is 8.20. The quantitative estimate of drug-likeness (QED) is 0.549. The lowest BCUT2D eigenvalue weighted by Gasteiger charge is -2.23. The van der Waals surface area contributed by atoms with Crippen molar-refractivity contribution in [1.29, 1.82) is 0 Å². The zero-order valence-corrected chi connectivity index (χ0v) is 8.33. The maximum atomic E-state index is 10.3. The Morgan fingerprint density at radius 1 is 1.80 bits per heavy atom. The Labute approximate surface area is 74.0 Å². The number of ether oxygens (including phenoxy) is 1. The highest BCUT2D eigenvalue weighted by Crippen LogP contribution is 2.18. The highest BCUT2D eigenvalue weighted by atomic mass is 79.9. The normalized spacial score (nSPS) is 16.0. The van der Waals surface area contributed by atoms with Gasteiger partial charge in [0.1, 0.15) is 5.60 Å². The summed E-state index contributed by atoms with van der Waals surface area (Å²) in [7, 11) is 0. The standard InChI is InChI=1S/C6H10BrClO2/c1-3-6(2,4-7)10-5(8)9/h3-4H2,1-2H3. The molecule has 60 valence electrons. The van der Waals surface area contributed by atoms with Gasteiger partial charge in [-0.3, -0.25) is 0 Å². The van der Waals surface area contributed by atoms with Crippen molar-refractivity contribution in [2.75, 3.05) is 5.33 Å². The van der Waals surface area contributed by atoms with Crippen LogP contribution in [0.2, 0.25) is 0 Å². The summed E-state index contributed by atoms with van der Waals surface area (Å²) < 4.78 is 4.82. The number of hydrogen-bond donors (Lipinski definition) is 0. The Morgan fingerprint density at radius 3 is 2.40 bits per heavy atom. The van der Waals surface area contributed by atoms with Crippen LogP contribution in [0.15, 0.2) is 0 Å². The molecule has 10 heavy (non-hydrogen) atoms. The van der Waals surface area contributed by atoms with Crippen LogP contribution < -0.4 is 0 Å². The number of carbonyl (C=O) groups is 1. The predicted octanol–water partition coefficient (Wildman–Crippen LogP) is 2.93. The van der Waals surface area contributed by atoms with Crippen molar-refractivity contribution in [3.63, 3.8) is 0 Å². The molecule has 0 bridgehead atoms. The molecule has 0 aliphatic carbocycles. The van der Waals surface area contributed by atoms with Crippen molar-refractivity contribution in [1.82, 2.24) is 0 Å². The van der Waals surface area contributed by atoms with Crippen molar-refractivity contribution in [3.05, 3.63) is 0 Å². The maximum Gasteiger partial charge on any atom is 0.404 e. The Hall–Kier alpha value is 0.240. The minimum absolute atomic E-state index is 0.459. The molecule has 0 aliphatic heterocycles. The Bertz CT molecular complexity index is 123.